The average Bonchev–Trinajstić information content (AvgIpc) is 3.00. The summed E-state index contributed by atoms with van der Waals surface area (Å²) < 4.78 is 7.09. The van der Waals surface area contributed by atoms with Crippen LogP contribution in [0.15, 0.2) is 48.5 Å². The fraction of sp³-hybridized carbons (Fsp3) is 0.238. The van der Waals surface area contributed by atoms with E-state index in [2.05, 4.69) is 12.2 Å². The Bertz CT molecular complexity index is 995. The number of hydrogen-bond donors (Lipinski definition) is 1. The summed E-state index contributed by atoms with van der Waals surface area (Å²) in [5.74, 6) is 1.76. The summed E-state index contributed by atoms with van der Waals surface area (Å²) >= 11 is 6.09. The molecule has 1 heterocycles. The fourth-order valence-electron chi connectivity index (χ4n) is 3.48. The van der Waals surface area contributed by atoms with Crippen molar-refractivity contribution in [3.05, 3.63) is 64.8 Å². The van der Waals surface area contributed by atoms with Crippen LogP contribution in [-0.4, -0.2) is 22.7 Å². The molecule has 138 valence electrons. The molecule has 0 spiro atoms. The Labute approximate surface area is 162 Å². The molecule has 1 aromatic heterocycles. The molecule has 0 fully saturated rings. The molecule has 6 heteroatoms. The van der Waals surface area contributed by atoms with Gasteiger partial charge in [0.1, 0.15) is 5.75 Å². The van der Waals surface area contributed by atoms with Gasteiger partial charge in [-0.25, -0.2) is 4.68 Å². The third-order valence-electron chi connectivity index (χ3n) is 4.74. The number of benzene rings is 2. The summed E-state index contributed by atoms with van der Waals surface area (Å²) in [7, 11) is 1.64. The normalized spacial score (nSPS) is 16.1. The molecule has 27 heavy (non-hydrogen) atoms. The van der Waals surface area contributed by atoms with Crippen LogP contribution in [-0.2, 0) is 6.42 Å². The van der Waals surface area contributed by atoms with Gasteiger partial charge in [0.2, 0.25) is 0 Å². The smallest absolute Gasteiger partial charge is 0.168 e. The lowest BCUT2D eigenvalue weighted by molar-refractivity contribution is 0.0953. The number of rotatable bonds is 4. The summed E-state index contributed by atoms with van der Waals surface area (Å²) in [6, 6.07) is 15.1. The van der Waals surface area contributed by atoms with Crippen molar-refractivity contribution in [2.75, 3.05) is 12.4 Å². The third kappa shape index (κ3) is 3.43. The van der Waals surface area contributed by atoms with E-state index in [0.29, 0.717) is 22.8 Å². The molecule has 2 aromatic carbocycles. The second-order valence-corrected chi connectivity index (χ2v) is 7.29. The molecular weight excluding hydrogens is 362 g/mol. The number of nitrogens with one attached hydrogen (secondary N) is 1. The van der Waals surface area contributed by atoms with Gasteiger partial charge in [-0.1, -0.05) is 24.6 Å². The molecule has 0 saturated carbocycles. The Kier molecular flexibility index (Phi) is 4.62. The van der Waals surface area contributed by atoms with Gasteiger partial charge in [0, 0.05) is 17.1 Å². The average molecular weight is 382 g/mol. The topological polar surface area (TPSA) is 56.1 Å². The van der Waals surface area contributed by atoms with Crippen molar-refractivity contribution in [2.24, 2.45) is 5.92 Å². The maximum Gasteiger partial charge on any atom is 0.168 e. The maximum atomic E-state index is 12.8. The number of carbonyl (C=O) groups is 1. The van der Waals surface area contributed by atoms with Crippen molar-refractivity contribution in [3.63, 3.8) is 0 Å². The molecule has 0 radical (unpaired) electrons. The van der Waals surface area contributed by atoms with Crippen molar-refractivity contribution >= 4 is 28.9 Å². The second kappa shape index (κ2) is 7.08. The van der Waals surface area contributed by atoms with Crippen molar-refractivity contribution < 1.29 is 9.53 Å². The maximum absolute atomic E-state index is 12.8. The van der Waals surface area contributed by atoms with Gasteiger partial charge < -0.3 is 10.1 Å². The molecule has 4 rings (SSSR count). The number of ether oxygens (including phenoxy) is 1. The molecule has 0 bridgehead atoms. The molecule has 1 aliphatic rings. The zero-order chi connectivity index (χ0) is 19.0. The van der Waals surface area contributed by atoms with Gasteiger partial charge in [0.25, 0.3) is 0 Å². The number of aromatic nitrogens is 2. The van der Waals surface area contributed by atoms with E-state index >= 15 is 0 Å². The first-order valence-corrected chi connectivity index (χ1v) is 9.25. The summed E-state index contributed by atoms with van der Waals surface area (Å²) in [4.78, 5) is 12.8. The van der Waals surface area contributed by atoms with Gasteiger partial charge in [0.05, 0.1) is 24.1 Å². The summed E-state index contributed by atoms with van der Waals surface area (Å²) in [6.07, 6.45) is 1.34. The fourth-order valence-corrected chi connectivity index (χ4v) is 3.67. The highest BCUT2D eigenvalue weighted by Gasteiger charge is 2.31. The third-order valence-corrected chi connectivity index (χ3v) is 4.98. The van der Waals surface area contributed by atoms with Gasteiger partial charge in [-0.05, 0) is 54.8 Å². The van der Waals surface area contributed by atoms with E-state index in [1.165, 1.54) is 0 Å². The summed E-state index contributed by atoms with van der Waals surface area (Å²) in [5, 5.41) is 8.63. The Hall–Kier alpha value is -2.79. The Morgan fingerprint density at radius 2 is 1.96 bits per heavy atom. The molecule has 3 aromatic rings. The van der Waals surface area contributed by atoms with E-state index in [1.807, 2.05) is 53.2 Å². The predicted octanol–water partition coefficient (Wildman–Crippen LogP) is 5.04. The first-order valence-electron chi connectivity index (χ1n) is 8.87. The Balaban J connectivity index is 1.81. The predicted molar refractivity (Wildman–Crippen MR) is 107 cm³/mol. The number of anilines is 2. The highest BCUT2D eigenvalue weighted by molar-refractivity contribution is 6.30. The largest absolute Gasteiger partial charge is 0.497 e. The van der Waals surface area contributed by atoms with E-state index in [4.69, 9.17) is 21.4 Å². The van der Waals surface area contributed by atoms with Crippen LogP contribution in [0, 0.1) is 5.92 Å². The first kappa shape index (κ1) is 17.6. The van der Waals surface area contributed by atoms with Crippen LogP contribution < -0.4 is 10.1 Å². The van der Waals surface area contributed by atoms with Crippen molar-refractivity contribution in [3.8, 4) is 11.4 Å². The lowest BCUT2D eigenvalue weighted by Gasteiger charge is -2.19. The van der Waals surface area contributed by atoms with Crippen LogP contribution in [0.1, 0.15) is 29.4 Å². The van der Waals surface area contributed by atoms with Crippen LogP contribution >= 0.6 is 11.6 Å². The van der Waals surface area contributed by atoms with Crippen LogP contribution in [0.2, 0.25) is 5.02 Å². The highest BCUT2D eigenvalue weighted by Crippen LogP contribution is 2.34. The van der Waals surface area contributed by atoms with Gasteiger partial charge in [-0.2, -0.15) is 0 Å². The van der Waals surface area contributed by atoms with E-state index in [1.54, 1.807) is 7.11 Å². The summed E-state index contributed by atoms with van der Waals surface area (Å²) in [6.45, 7) is 2.09. The monoisotopic (exact) mass is 381 g/mol. The molecular formula is C21H20ClN3O2. The van der Waals surface area contributed by atoms with Crippen molar-refractivity contribution in [1.82, 2.24) is 9.78 Å². The molecule has 0 aliphatic heterocycles. The standard InChI is InChI=1S/C21H20ClN3O2/c1-13-10-18-20(19(26)11-13)21(23-15-5-3-4-14(22)12-15)24-25(18)16-6-8-17(27-2)9-7-16/h3-9,12-13H,10-11H2,1-2H3,(H,23,24)/t13-/m1/s1. The van der Waals surface area contributed by atoms with Gasteiger partial charge >= 0.3 is 0 Å². The minimum atomic E-state index is 0.119. The van der Waals surface area contributed by atoms with E-state index in [9.17, 15) is 4.79 Å². The van der Waals surface area contributed by atoms with Crippen LogP contribution in [0.25, 0.3) is 5.69 Å². The highest BCUT2D eigenvalue weighted by atomic mass is 35.5. The number of fused-ring (bicyclic) bond motifs is 1. The number of carbonyl (C=O) groups excluding carboxylic acids is 1. The minimum Gasteiger partial charge on any atom is -0.497 e. The number of Topliss-reactive ketones (excluding diaryl/α,β-unsaturated/α-hetero) is 1. The minimum absolute atomic E-state index is 0.119. The van der Waals surface area contributed by atoms with Crippen LogP contribution in [0.5, 0.6) is 5.75 Å². The van der Waals surface area contributed by atoms with Crippen LogP contribution in [0.3, 0.4) is 0 Å². The van der Waals surface area contributed by atoms with Crippen LogP contribution in [0.4, 0.5) is 11.5 Å². The number of halogens is 1. The lowest BCUT2D eigenvalue weighted by Crippen LogP contribution is -2.19. The van der Waals surface area contributed by atoms with Crippen molar-refractivity contribution in [1.29, 1.82) is 0 Å². The molecule has 0 amide bonds. The van der Waals surface area contributed by atoms with Gasteiger partial charge in [-0.3, -0.25) is 4.79 Å². The van der Waals surface area contributed by atoms with E-state index < -0.39 is 0 Å². The molecule has 1 aliphatic carbocycles. The number of ketones is 1. The molecule has 5 nitrogen and oxygen atoms in total. The quantitative estimate of drug-likeness (QED) is 0.687. The zero-order valence-electron chi connectivity index (χ0n) is 15.2. The van der Waals surface area contributed by atoms with Gasteiger partial charge in [0.15, 0.2) is 11.6 Å². The van der Waals surface area contributed by atoms with Crippen molar-refractivity contribution in [2.45, 2.75) is 19.8 Å². The van der Waals surface area contributed by atoms with E-state index in [0.717, 1.165) is 29.2 Å². The lowest BCUT2D eigenvalue weighted by atomic mass is 9.87. The number of hydrogen-bond acceptors (Lipinski definition) is 4. The second-order valence-electron chi connectivity index (χ2n) is 6.85. The molecule has 0 saturated heterocycles. The zero-order valence-corrected chi connectivity index (χ0v) is 16.0. The first-order chi connectivity index (χ1) is 13.0. The SMILES string of the molecule is COc1ccc(-n2nc(Nc3cccc(Cl)c3)c3c2C[C@@H](C)CC3=O)cc1. The van der Waals surface area contributed by atoms with E-state index in [-0.39, 0.29) is 11.7 Å². The Morgan fingerprint density at radius 1 is 1.19 bits per heavy atom. The number of methoxy groups -OCH3 is 1. The Morgan fingerprint density at radius 3 is 2.67 bits per heavy atom. The summed E-state index contributed by atoms with van der Waals surface area (Å²) in [5.41, 5.74) is 3.31. The molecule has 0 unspecified atom stereocenters. The molecule has 1 atom stereocenters. The van der Waals surface area contributed by atoms with Gasteiger partial charge in [-0.15, -0.1) is 5.10 Å². The molecule has 1 N–H and O–H groups in total. The number of nitrogens with zero attached hydrogens (tertiary/aromatic N) is 2.